The molecule has 0 aliphatic carbocycles. The lowest BCUT2D eigenvalue weighted by molar-refractivity contribution is -0.121. The molecule has 1 atom stereocenters. The van der Waals surface area contributed by atoms with Crippen LogP contribution in [0, 0.1) is 0 Å². The van der Waals surface area contributed by atoms with Gasteiger partial charge >= 0.3 is 0 Å². The first kappa shape index (κ1) is 21.5. The summed E-state index contributed by atoms with van der Waals surface area (Å²) >= 11 is 11.4. The Morgan fingerprint density at radius 2 is 1.97 bits per heavy atom. The van der Waals surface area contributed by atoms with E-state index in [1.165, 1.54) is 0 Å². The van der Waals surface area contributed by atoms with Crippen LogP contribution in [0.4, 0.5) is 0 Å². The molecule has 1 aliphatic heterocycles. The fraction of sp³-hybridized carbons (Fsp3) is 0.450. The van der Waals surface area contributed by atoms with Crippen LogP contribution in [0.3, 0.4) is 0 Å². The Labute approximate surface area is 178 Å². The third-order valence-corrected chi connectivity index (χ3v) is 5.39. The van der Waals surface area contributed by atoms with Crippen molar-refractivity contribution in [2.45, 2.75) is 31.7 Å². The third-order valence-electron chi connectivity index (χ3n) is 4.91. The number of carbonyl (C=O) groups excluding carboxylic acids is 3. The average molecular weight is 440 g/mol. The summed E-state index contributed by atoms with van der Waals surface area (Å²) in [5.41, 5.74) is 0.610. The third kappa shape index (κ3) is 5.64. The van der Waals surface area contributed by atoms with E-state index in [-0.39, 0.29) is 48.4 Å². The quantitative estimate of drug-likeness (QED) is 0.648. The monoisotopic (exact) mass is 439 g/mol. The van der Waals surface area contributed by atoms with E-state index in [0.717, 1.165) is 24.6 Å². The number of likely N-dealkylation sites (tertiary alicyclic amines) is 1. The van der Waals surface area contributed by atoms with Gasteiger partial charge in [-0.3, -0.25) is 14.4 Å². The highest BCUT2D eigenvalue weighted by molar-refractivity contribution is 6.31. The molecule has 1 aromatic heterocycles. The van der Waals surface area contributed by atoms with Crippen LogP contribution in [0.1, 0.15) is 36.2 Å². The van der Waals surface area contributed by atoms with Gasteiger partial charge in [-0.2, -0.15) is 0 Å². The molecule has 3 rings (SSSR count). The molecule has 1 aromatic carbocycles. The Bertz CT molecular complexity index is 899. The molecule has 0 bridgehead atoms. The summed E-state index contributed by atoms with van der Waals surface area (Å²) in [4.78, 5) is 37.9. The summed E-state index contributed by atoms with van der Waals surface area (Å²) in [7, 11) is 0. The molecule has 0 saturated carbocycles. The Hall–Kier alpha value is -2.25. The molecule has 9 heteroatoms. The van der Waals surface area contributed by atoms with Gasteiger partial charge in [0.05, 0.1) is 0 Å². The first-order valence-corrected chi connectivity index (χ1v) is 10.5. The Morgan fingerprint density at radius 3 is 2.76 bits per heavy atom. The molecule has 2 heterocycles. The molecular weight excluding hydrogens is 417 g/mol. The Kier molecular flexibility index (Phi) is 7.39. The molecular formula is C20H23Cl2N3O4. The predicted octanol–water partition coefficient (Wildman–Crippen LogP) is 2.94. The number of piperidine rings is 1. The molecule has 1 saturated heterocycles. The van der Waals surface area contributed by atoms with Crippen molar-refractivity contribution in [1.82, 2.24) is 15.5 Å². The maximum absolute atomic E-state index is 13.0. The zero-order chi connectivity index (χ0) is 20.8. The van der Waals surface area contributed by atoms with Crippen LogP contribution >= 0.6 is 23.2 Å². The maximum atomic E-state index is 13.0. The van der Waals surface area contributed by atoms with Gasteiger partial charge in [0.15, 0.2) is 5.76 Å². The molecule has 2 aromatic rings. The lowest BCUT2D eigenvalue weighted by Crippen LogP contribution is -2.49. The van der Waals surface area contributed by atoms with E-state index < -0.39 is 0 Å². The Morgan fingerprint density at radius 1 is 1.14 bits per heavy atom. The van der Waals surface area contributed by atoms with Gasteiger partial charge in [-0.15, -0.1) is 11.6 Å². The average Bonchev–Trinajstić information content (AvgIpc) is 3.15. The van der Waals surface area contributed by atoms with Crippen LogP contribution in [0.25, 0.3) is 11.0 Å². The van der Waals surface area contributed by atoms with E-state index in [0.29, 0.717) is 23.7 Å². The van der Waals surface area contributed by atoms with E-state index in [1.54, 1.807) is 29.2 Å². The normalized spacial score (nSPS) is 16.6. The smallest absolute Gasteiger partial charge is 0.289 e. The number of benzene rings is 1. The minimum absolute atomic E-state index is 0.102. The summed E-state index contributed by atoms with van der Waals surface area (Å²) in [6, 6.07) is 6.82. The molecule has 0 spiro atoms. The number of nitrogens with zero attached hydrogens (tertiary/aromatic N) is 1. The molecule has 0 radical (unpaired) electrons. The number of amides is 3. The minimum Gasteiger partial charge on any atom is -0.451 e. The fourth-order valence-electron chi connectivity index (χ4n) is 3.42. The van der Waals surface area contributed by atoms with Crippen LogP contribution in [0.5, 0.6) is 0 Å². The van der Waals surface area contributed by atoms with Crippen LogP contribution in [0.15, 0.2) is 28.7 Å². The zero-order valence-corrected chi connectivity index (χ0v) is 17.4. The van der Waals surface area contributed by atoms with Crippen molar-refractivity contribution in [3.05, 3.63) is 35.0 Å². The number of carbonyl (C=O) groups is 3. The number of hydrogen-bond donors (Lipinski definition) is 2. The summed E-state index contributed by atoms with van der Waals surface area (Å²) in [6.07, 6.45) is 2.87. The van der Waals surface area contributed by atoms with E-state index in [1.807, 2.05) is 0 Å². The molecule has 7 nitrogen and oxygen atoms in total. The van der Waals surface area contributed by atoms with Gasteiger partial charge in [-0.25, -0.2) is 0 Å². The first-order valence-electron chi connectivity index (χ1n) is 9.57. The van der Waals surface area contributed by atoms with Gasteiger partial charge in [0, 0.05) is 42.5 Å². The van der Waals surface area contributed by atoms with Crippen molar-refractivity contribution in [3.8, 4) is 0 Å². The van der Waals surface area contributed by atoms with Crippen molar-refractivity contribution in [3.63, 3.8) is 0 Å². The number of nitrogens with one attached hydrogen (secondary N) is 2. The summed E-state index contributed by atoms with van der Waals surface area (Å²) in [5, 5.41) is 6.76. The van der Waals surface area contributed by atoms with E-state index in [4.69, 9.17) is 27.6 Å². The van der Waals surface area contributed by atoms with Gasteiger partial charge in [0.25, 0.3) is 5.91 Å². The molecule has 3 amide bonds. The van der Waals surface area contributed by atoms with Gasteiger partial charge < -0.3 is 20.0 Å². The minimum atomic E-state index is -0.310. The lowest BCUT2D eigenvalue weighted by Gasteiger charge is -2.35. The number of furan rings is 1. The molecule has 1 unspecified atom stereocenters. The van der Waals surface area contributed by atoms with E-state index in [9.17, 15) is 14.4 Å². The zero-order valence-electron chi connectivity index (χ0n) is 15.9. The van der Waals surface area contributed by atoms with Crippen LogP contribution in [-0.2, 0) is 9.59 Å². The number of rotatable bonds is 7. The number of hydrogen-bond acceptors (Lipinski definition) is 4. The van der Waals surface area contributed by atoms with Crippen molar-refractivity contribution >= 4 is 51.9 Å². The molecule has 1 fully saturated rings. The standard InChI is InChI=1S/C20H23Cl2N3O4/c21-11-19(27)23-7-6-18(26)24-12-15-3-1-2-8-25(15)20(28)17-10-13-9-14(22)4-5-16(13)29-17/h4-5,9-10,15H,1-3,6-8,11-12H2,(H,23,27)(H,24,26). The SMILES string of the molecule is O=C(CCl)NCCC(=O)NCC1CCCCN1C(=O)c1cc2cc(Cl)ccc2o1. The van der Waals surface area contributed by atoms with E-state index >= 15 is 0 Å². The van der Waals surface area contributed by atoms with Crippen molar-refractivity contribution in [2.24, 2.45) is 0 Å². The van der Waals surface area contributed by atoms with Gasteiger partial charge in [0.2, 0.25) is 11.8 Å². The second kappa shape index (κ2) is 9.98. The second-order valence-corrected chi connectivity index (χ2v) is 7.68. The molecule has 2 N–H and O–H groups in total. The summed E-state index contributed by atoms with van der Waals surface area (Å²) in [5.74, 6) is -0.545. The number of alkyl halides is 1. The predicted molar refractivity (Wildman–Crippen MR) is 111 cm³/mol. The first-order chi connectivity index (χ1) is 14.0. The van der Waals surface area contributed by atoms with Gasteiger partial charge in [-0.1, -0.05) is 11.6 Å². The topological polar surface area (TPSA) is 91.7 Å². The highest BCUT2D eigenvalue weighted by Crippen LogP contribution is 2.26. The number of fused-ring (bicyclic) bond motifs is 1. The Balaban J connectivity index is 1.59. The van der Waals surface area contributed by atoms with Gasteiger partial charge in [0.1, 0.15) is 11.5 Å². The molecule has 1 aliphatic rings. The van der Waals surface area contributed by atoms with Crippen molar-refractivity contribution < 1.29 is 18.8 Å². The largest absolute Gasteiger partial charge is 0.451 e. The fourth-order valence-corrected chi connectivity index (χ4v) is 3.70. The van der Waals surface area contributed by atoms with Crippen LogP contribution < -0.4 is 10.6 Å². The lowest BCUT2D eigenvalue weighted by atomic mass is 10.0. The van der Waals surface area contributed by atoms with Crippen LogP contribution in [0.2, 0.25) is 5.02 Å². The molecule has 29 heavy (non-hydrogen) atoms. The van der Waals surface area contributed by atoms with Gasteiger partial charge in [-0.05, 0) is 43.5 Å². The number of halogens is 2. The van der Waals surface area contributed by atoms with Crippen molar-refractivity contribution in [1.29, 1.82) is 0 Å². The highest BCUT2D eigenvalue weighted by Gasteiger charge is 2.29. The van der Waals surface area contributed by atoms with Crippen LogP contribution in [-0.4, -0.2) is 54.2 Å². The highest BCUT2D eigenvalue weighted by atomic mass is 35.5. The summed E-state index contributed by atoms with van der Waals surface area (Å²) < 4.78 is 5.71. The summed E-state index contributed by atoms with van der Waals surface area (Å²) in [6.45, 7) is 1.20. The maximum Gasteiger partial charge on any atom is 0.289 e. The van der Waals surface area contributed by atoms with Crippen molar-refractivity contribution in [2.75, 3.05) is 25.5 Å². The molecule has 156 valence electrons. The second-order valence-electron chi connectivity index (χ2n) is 6.98. The van der Waals surface area contributed by atoms with E-state index in [2.05, 4.69) is 10.6 Å².